The van der Waals surface area contributed by atoms with Gasteiger partial charge in [0.05, 0.1) is 31.1 Å². The summed E-state index contributed by atoms with van der Waals surface area (Å²) in [5.74, 6) is -1.37. The van der Waals surface area contributed by atoms with Crippen LogP contribution in [0.25, 0.3) is 0 Å². The summed E-state index contributed by atoms with van der Waals surface area (Å²) >= 11 is 0. The van der Waals surface area contributed by atoms with Crippen LogP contribution in [0.2, 0.25) is 0 Å². The maximum atomic E-state index is 14.9. The highest BCUT2D eigenvalue weighted by Gasteiger charge is 2.54. The molecule has 1 aromatic carbocycles. The number of nitrogens with zero attached hydrogens (tertiary/aromatic N) is 4. The Morgan fingerprint density at radius 1 is 1.34 bits per heavy atom. The van der Waals surface area contributed by atoms with E-state index in [1.807, 2.05) is 6.07 Å². The number of nitrogens with one attached hydrogen (secondary N) is 1. The van der Waals surface area contributed by atoms with Crippen LogP contribution in [0.3, 0.4) is 0 Å². The zero-order valence-electron chi connectivity index (χ0n) is 17.1. The van der Waals surface area contributed by atoms with E-state index in [4.69, 9.17) is 10.5 Å². The molecular formula is C20H21F3N6O3. The lowest BCUT2D eigenvalue weighted by atomic mass is 9.83. The van der Waals surface area contributed by atoms with Crippen LogP contribution in [-0.2, 0) is 10.3 Å². The topological polar surface area (TPSA) is 126 Å². The molecule has 2 aromatic rings. The van der Waals surface area contributed by atoms with Gasteiger partial charge < -0.3 is 15.8 Å². The molecule has 1 aliphatic rings. The number of aromatic nitrogens is 2. The van der Waals surface area contributed by atoms with Gasteiger partial charge in [-0.2, -0.15) is 19.1 Å². The first-order valence-corrected chi connectivity index (χ1v) is 9.73. The van der Waals surface area contributed by atoms with Gasteiger partial charge in [-0.3, -0.25) is 9.48 Å². The van der Waals surface area contributed by atoms with E-state index < -0.39 is 35.8 Å². The van der Waals surface area contributed by atoms with E-state index in [1.165, 1.54) is 37.4 Å². The molecule has 0 aliphatic carbocycles. The lowest BCUT2D eigenvalue weighted by Gasteiger charge is -2.44. The molecule has 1 fully saturated rings. The van der Waals surface area contributed by atoms with E-state index in [0.29, 0.717) is 10.6 Å². The minimum atomic E-state index is -3.62. The molecule has 2 heterocycles. The summed E-state index contributed by atoms with van der Waals surface area (Å²) < 4.78 is 48.8. The van der Waals surface area contributed by atoms with Crippen LogP contribution in [0.5, 0.6) is 0 Å². The van der Waals surface area contributed by atoms with E-state index in [9.17, 15) is 28.0 Å². The predicted molar refractivity (Wildman–Crippen MR) is 107 cm³/mol. The SMILES string of the molecule is CCOC(=O)N1CCC(CC#N)(n2cc(C(N)=O)c(Nc3ccc(F)cc3)n2)CC1(F)F. The van der Waals surface area contributed by atoms with E-state index in [2.05, 4.69) is 10.4 Å². The minimum Gasteiger partial charge on any atom is -0.450 e. The summed E-state index contributed by atoms with van der Waals surface area (Å²) in [7, 11) is 0. The number of piperidine rings is 1. The molecular weight excluding hydrogens is 429 g/mol. The Kier molecular flexibility index (Phi) is 6.29. The molecule has 1 aliphatic heterocycles. The van der Waals surface area contributed by atoms with Crippen LogP contribution < -0.4 is 11.1 Å². The van der Waals surface area contributed by atoms with E-state index in [0.717, 1.165) is 4.68 Å². The quantitative estimate of drug-likeness (QED) is 0.650. The van der Waals surface area contributed by atoms with Crippen molar-refractivity contribution in [3.63, 3.8) is 0 Å². The molecule has 0 saturated carbocycles. The van der Waals surface area contributed by atoms with Gasteiger partial charge in [-0.25, -0.2) is 14.1 Å². The second-order valence-corrected chi connectivity index (χ2v) is 7.33. The number of anilines is 2. The summed E-state index contributed by atoms with van der Waals surface area (Å²) in [5, 5.41) is 16.4. The average molecular weight is 450 g/mol. The van der Waals surface area contributed by atoms with E-state index in [-0.39, 0.29) is 37.4 Å². The Morgan fingerprint density at radius 2 is 2.03 bits per heavy atom. The summed E-state index contributed by atoms with van der Waals surface area (Å²) in [6.07, 6.45) is -1.26. The highest BCUT2D eigenvalue weighted by Crippen LogP contribution is 2.44. The highest BCUT2D eigenvalue weighted by atomic mass is 19.3. The van der Waals surface area contributed by atoms with Gasteiger partial charge in [0.1, 0.15) is 11.4 Å². The van der Waals surface area contributed by atoms with Crippen molar-refractivity contribution in [3.8, 4) is 6.07 Å². The number of rotatable bonds is 6. The van der Waals surface area contributed by atoms with Crippen molar-refractivity contribution in [1.29, 1.82) is 5.26 Å². The van der Waals surface area contributed by atoms with Gasteiger partial charge in [0.2, 0.25) is 0 Å². The number of nitriles is 1. The molecule has 12 heteroatoms. The van der Waals surface area contributed by atoms with Crippen molar-refractivity contribution in [2.45, 2.75) is 37.8 Å². The Balaban J connectivity index is 1.98. The van der Waals surface area contributed by atoms with Gasteiger partial charge >= 0.3 is 12.1 Å². The first kappa shape index (κ1) is 22.9. The third-order valence-corrected chi connectivity index (χ3v) is 5.21. The minimum absolute atomic E-state index is 0.0300. The molecule has 1 saturated heterocycles. The van der Waals surface area contributed by atoms with Crippen molar-refractivity contribution in [1.82, 2.24) is 14.7 Å². The highest BCUT2D eigenvalue weighted by molar-refractivity contribution is 5.98. The molecule has 2 amide bonds. The van der Waals surface area contributed by atoms with Crippen LogP contribution >= 0.6 is 0 Å². The molecule has 9 nitrogen and oxygen atoms in total. The number of amides is 2. The predicted octanol–water partition coefficient (Wildman–Crippen LogP) is 3.32. The van der Waals surface area contributed by atoms with Crippen molar-refractivity contribution in [2.75, 3.05) is 18.5 Å². The average Bonchev–Trinajstić information content (AvgIpc) is 3.14. The molecule has 0 spiro atoms. The Morgan fingerprint density at radius 3 is 2.59 bits per heavy atom. The van der Waals surface area contributed by atoms with Gasteiger partial charge in [0.15, 0.2) is 5.82 Å². The molecule has 3 rings (SSSR count). The van der Waals surface area contributed by atoms with Crippen molar-refractivity contribution >= 4 is 23.5 Å². The zero-order chi connectivity index (χ0) is 23.5. The number of nitrogens with two attached hydrogens (primary N) is 1. The summed E-state index contributed by atoms with van der Waals surface area (Å²) in [5.41, 5.74) is 4.21. The Hall–Kier alpha value is -3.75. The van der Waals surface area contributed by atoms with Crippen LogP contribution in [0.4, 0.5) is 29.5 Å². The number of hydrogen-bond acceptors (Lipinski definition) is 6. The number of alkyl halides is 2. The Labute approximate surface area is 181 Å². The number of carbonyl (C=O) groups is 2. The van der Waals surface area contributed by atoms with Gasteiger partial charge in [0, 0.05) is 18.4 Å². The van der Waals surface area contributed by atoms with Gasteiger partial charge in [-0.15, -0.1) is 0 Å². The maximum absolute atomic E-state index is 14.9. The number of likely N-dealkylation sites (tertiary alicyclic amines) is 1. The third kappa shape index (κ3) is 4.46. The zero-order valence-corrected chi connectivity index (χ0v) is 17.1. The second kappa shape index (κ2) is 8.78. The van der Waals surface area contributed by atoms with Crippen molar-refractivity contribution in [3.05, 3.63) is 41.8 Å². The number of benzene rings is 1. The first-order valence-electron chi connectivity index (χ1n) is 9.73. The molecule has 1 atom stereocenters. The lowest BCUT2D eigenvalue weighted by Crippen LogP contribution is -2.57. The maximum Gasteiger partial charge on any atom is 0.414 e. The summed E-state index contributed by atoms with van der Waals surface area (Å²) in [4.78, 5) is 24.2. The Bertz CT molecular complexity index is 1050. The molecule has 1 aromatic heterocycles. The smallest absolute Gasteiger partial charge is 0.414 e. The van der Waals surface area contributed by atoms with Gasteiger partial charge in [-0.05, 0) is 37.6 Å². The van der Waals surface area contributed by atoms with Gasteiger partial charge in [-0.1, -0.05) is 0 Å². The number of carbonyl (C=O) groups excluding carboxylic acids is 2. The normalized spacial score (nSPS) is 19.8. The largest absolute Gasteiger partial charge is 0.450 e. The molecule has 0 bridgehead atoms. The van der Waals surface area contributed by atoms with Crippen LogP contribution in [0.1, 0.15) is 36.5 Å². The van der Waals surface area contributed by atoms with E-state index in [1.54, 1.807) is 0 Å². The molecule has 32 heavy (non-hydrogen) atoms. The third-order valence-electron chi connectivity index (χ3n) is 5.21. The fourth-order valence-corrected chi connectivity index (χ4v) is 3.62. The molecule has 3 N–H and O–H groups in total. The second-order valence-electron chi connectivity index (χ2n) is 7.33. The molecule has 170 valence electrons. The standard InChI is InChI=1S/C20H21F3N6O3/c1-2-32-18(31)28-10-8-19(7-9-24,12-20(28,22)23)29-11-15(16(25)30)17(27-29)26-14-5-3-13(21)4-6-14/h3-6,11H,2,7-8,10,12H2,1H3,(H2,25,30)(H,26,27). The van der Waals surface area contributed by atoms with Crippen LogP contribution in [-0.4, -0.2) is 45.9 Å². The number of primary amides is 1. The van der Waals surface area contributed by atoms with Crippen molar-refractivity contribution in [2.24, 2.45) is 5.73 Å². The molecule has 1 unspecified atom stereocenters. The number of halogens is 3. The molecule has 0 radical (unpaired) electrons. The van der Waals surface area contributed by atoms with Crippen molar-refractivity contribution < 1.29 is 27.5 Å². The fourth-order valence-electron chi connectivity index (χ4n) is 3.62. The van der Waals surface area contributed by atoms with Crippen LogP contribution in [0, 0.1) is 17.1 Å². The number of ether oxygens (including phenoxy) is 1. The lowest BCUT2D eigenvalue weighted by molar-refractivity contribution is -0.181. The van der Waals surface area contributed by atoms with E-state index >= 15 is 0 Å². The fraction of sp³-hybridized carbons (Fsp3) is 0.400. The summed E-state index contributed by atoms with van der Waals surface area (Å²) in [6, 6.07) is 3.44. The monoisotopic (exact) mass is 450 g/mol. The number of hydrogen-bond donors (Lipinski definition) is 2. The van der Waals surface area contributed by atoms with Gasteiger partial charge in [0.25, 0.3) is 5.91 Å². The van der Waals surface area contributed by atoms with Crippen LogP contribution in [0.15, 0.2) is 30.5 Å². The first-order chi connectivity index (χ1) is 15.1. The summed E-state index contributed by atoms with van der Waals surface area (Å²) in [6.45, 7) is 1.05.